The van der Waals surface area contributed by atoms with Gasteiger partial charge in [-0.05, 0) is 31.0 Å². The van der Waals surface area contributed by atoms with Crippen LogP contribution in [0.3, 0.4) is 0 Å². The van der Waals surface area contributed by atoms with Crippen LogP contribution < -0.4 is 16.3 Å². The van der Waals surface area contributed by atoms with Crippen molar-refractivity contribution in [1.29, 1.82) is 0 Å². The normalized spacial score (nSPS) is 20.3. The number of amides is 4. The minimum atomic E-state index is -0.839. The number of aromatic nitrogens is 2. The van der Waals surface area contributed by atoms with Crippen LogP contribution in [0.15, 0.2) is 23.0 Å². The molecule has 2 N–H and O–H groups in total. The van der Waals surface area contributed by atoms with Crippen LogP contribution >= 0.6 is 0 Å². The fourth-order valence-electron chi connectivity index (χ4n) is 4.35. The molecule has 1 saturated heterocycles. The largest absolute Gasteiger partial charge is 0.328 e. The van der Waals surface area contributed by atoms with Gasteiger partial charge in [-0.2, -0.15) is 0 Å². The maximum absolute atomic E-state index is 12.7. The fraction of sp³-hybridized carbons (Fsp3) is 0.500. The van der Waals surface area contributed by atoms with Gasteiger partial charge in [0.25, 0.3) is 5.91 Å². The van der Waals surface area contributed by atoms with Crippen LogP contribution in [0.4, 0.5) is 10.5 Å². The summed E-state index contributed by atoms with van der Waals surface area (Å²) in [4.78, 5) is 50.8. The molecule has 29 heavy (non-hydrogen) atoms. The number of carbonyl (C=O) groups excluding carboxylic acids is 3. The molecule has 4 rings (SSSR count). The molecule has 2 aliphatic rings. The highest BCUT2D eigenvalue weighted by molar-refractivity contribution is 6.07. The Kier molecular flexibility index (Phi) is 4.89. The lowest BCUT2D eigenvalue weighted by Gasteiger charge is -2.28. The predicted octanol–water partition coefficient (Wildman–Crippen LogP) is 1.46. The van der Waals surface area contributed by atoms with E-state index in [9.17, 15) is 19.2 Å². The lowest BCUT2D eigenvalue weighted by molar-refractivity contribution is -0.131. The molecule has 2 heterocycles. The summed E-state index contributed by atoms with van der Waals surface area (Å²) >= 11 is 0. The molecule has 154 valence electrons. The molecule has 0 radical (unpaired) electrons. The average Bonchev–Trinajstić information content (AvgIpc) is 3.10. The third-order valence-corrected chi connectivity index (χ3v) is 5.94. The monoisotopic (exact) mass is 399 g/mol. The molecule has 2 fully saturated rings. The summed E-state index contributed by atoms with van der Waals surface area (Å²) in [5, 5.41) is 5.41. The third kappa shape index (κ3) is 3.41. The topological polar surface area (TPSA) is 105 Å². The van der Waals surface area contributed by atoms with Gasteiger partial charge in [0.2, 0.25) is 5.91 Å². The van der Waals surface area contributed by atoms with E-state index in [-0.39, 0.29) is 30.0 Å². The van der Waals surface area contributed by atoms with Crippen LogP contribution in [0.25, 0.3) is 11.0 Å². The van der Waals surface area contributed by atoms with Crippen LogP contribution in [0.1, 0.15) is 38.5 Å². The van der Waals surface area contributed by atoms with Gasteiger partial charge in [0.15, 0.2) is 0 Å². The summed E-state index contributed by atoms with van der Waals surface area (Å²) in [5.74, 6) is -0.688. The van der Waals surface area contributed by atoms with Crippen LogP contribution in [-0.2, 0) is 23.7 Å². The Bertz CT molecular complexity index is 1050. The number of benzene rings is 1. The van der Waals surface area contributed by atoms with E-state index in [1.165, 1.54) is 14.0 Å². The third-order valence-electron chi connectivity index (χ3n) is 5.94. The Balaban J connectivity index is 1.44. The molecule has 1 saturated carbocycles. The fourth-order valence-corrected chi connectivity index (χ4v) is 4.35. The number of nitrogens with zero attached hydrogens (tertiary/aromatic N) is 3. The zero-order chi connectivity index (χ0) is 20.7. The van der Waals surface area contributed by atoms with Gasteiger partial charge in [-0.15, -0.1) is 0 Å². The van der Waals surface area contributed by atoms with Gasteiger partial charge in [0.05, 0.1) is 17.5 Å². The standard InChI is InChI=1S/C20H25N5O4/c1-23-15-9-8-12(10-16(15)24(2)20(23)29)21-17(26)11-14-18(27)25(19(28)22-14)13-6-4-3-5-7-13/h8-10,13-14H,3-7,11H2,1-2H3,(H,21,26)(H,22,28). The first-order valence-electron chi connectivity index (χ1n) is 9.95. The van der Waals surface area contributed by atoms with Crippen LogP contribution in [0.5, 0.6) is 0 Å². The minimum Gasteiger partial charge on any atom is -0.326 e. The number of nitrogens with one attached hydrogen (secondary N) is 2. The van der Waals surface area contributed by atoms with Crippen molar-refractivity contribution in [2.45, 2.75) is 50.6 Å². The Labute approximate surface area is 167 Å². The van der Waals surface area contributed by atoms with Gasteiger partial charge in [-0.3, -0.25) is 23.6 Å². The van der Waals surface area contributed by atoms with Crippen molar-refractivity contribution in [2.75, 3.05) is 5.32 Å². The molecule has 9 nitrogen and oxygen atoms in total. The average molecular weight is 399 g/mol. The SMILES string of the molecule is Cn1c(=O)n(C)c2cc(NC(=O)CC3NC(=O)N(C4CCCCC4)C3=O)ccc21. The quantitative estimate of drug-likeness (QED) is 0.759. The first-order valence-corrected chi connectivity index (χ1v) is 9.95. The van der Waals surface area contributed by atoms with Gasteiger partial charge in [-0.25, -0.2) is 9.59 Å². The lowest BCUT2D eigenvalue weighted by Crippen LogP contribution is -2.42. The van der Waals surface area contributed by atoms with E-state index in [0.717, 1.165) is 37.6 Å². The highest BCUT2D eigenvalue weighted by Gasteiger charge is 2.42. The van der Waals surface area contributed by atoms with Gasteiger partial charge >= 0.3 is 11.7 Å². The zero-order valence-corrected chi connectivity index (χ0v) is 16.6. The van der Waals surface area contributed by atoms with E-state index in [4.69, 9.17) is 0 Å². The first kappa shape index (κ1) is 19.2. The van der Waals surface area contributed by atoms with Crippen molar-refractivity contribution in [3.63, 3.8) is 0 Å². The van der Waals surface area contributed by atoms with Gasteiger partial charge in [0, 0.05) is 25.8 Å². The van der Waals surface area contributed by atoms with Crippen LogP contribution in [0.2, 0.25) is 0 Å². The number of hydrogen-bond donors (Lipinski definition) is 2. The Morgan fingerprint density at radius 3 is 2.48 bits per heavy atom. The Morgan fingerprint density at radius 2 is 1.76 bits per heavy atom. The first-order chi connectivity index (χ1) is 13.9. The van der Waals surface area contributed by atoms with E-state index < -0.39 is 12.1 Å². The number of imide groups is 1. The number of rotatable bonds is 4. The van der Waals surface area contributed by atoms with Crippen molar-refractivity contribution in [1.82, 2.24) is 19.4 Å². The Morgan fingerprint density at radius 1 is 1.07 bits per heavy atom. The highest BCUT2D eigenvalue weighted by Crippen LogP contribution is 2.26. The summed E-state index contributed by atoms with van der Waals surface area (Å²) in [6.45, 7) is 0. The van der Waals surface area contributed by atoms with Gasteiger partial charge < -0.3 is 10.6 Å². The molecule has 1 aliphatic heterocycles. The molecule has 9 heteroatoms. The molecule has 1 aromatic heterocycles. The van der Waals surface area contributed by atoms with Crippen molar-refractivity contribution in [3.05, 3.63) is 28.7 Å². The number of imidazole rings is 1. The number of anilines is 1. The molecule has 0 bridgehead atoms. The van der Waals surface area contributed by atoms with Crippen molar-refractivity contribution >= 4 is 34.6 Å². The van der Waals surface area contributed by atoms with Crippen molar-refractivity contribution < 1.29 is 14.4 Å². The maximum Gasteiger partial charge on any atom is 0.328 e. The summed E-state index contributed by atoms with van der Waals surface area (Å²) in [7, 11) is 3.36. The van der Waals surface area contributed by atoms with Crippen LogP contribution in [0, 0.1) is 0 Å². The molecule has 0 spiro atoms. The smallest absolute Gasteiger partial charge is 0.326 e. The van der Waals surface area contributed by atoms with E-state index in [1.807, 2.05) is 0 Å². The molecule has 2 aromatic rings. The maximum atomic E-state index is 12.7. The second kappa shape index (κ2) is 7.38. The highest BCUT2D eigenvalue weighted by atomic mass is 16.2. The molecule has 1 atom stereocenters. The number of aryl methyl sites for hydroxylation is 2. The number of hydrogen-bond acceptors (Lipinski definition) is 4. The summed E-state index contributed by atoms with van der Waals surface area (Å²) < 4.78 is 3.04. The van der Waals surface area contributed by atoms with E-state index >= 15 is 0 Å². The second-order valence-corrected chi connectivity index (χ2v) is 7.86. The summed E-state index contributed by atoms with van der Waals surface area (Å²) in [5.41, 5.74) is 1.84. The zero-order valence-electron chi connectivity index (χ0n) is 16.6. The molecule has 1 aliphatic carbocycles. The molecule has 1 unspecified atom stereocenters. The molecular formula is C20H25N5O4. The summed E-state index contributed by atoms with van der Waals surface area (Å²) in [6.07, 6.45) is 4.68. The van der Waals surface area contributed by atoms with Crippen molar-refractivity contribution in [3.8, 4) is 0 Å². The number of urea groups is 1. The number of fused-ring (bicyclic) bond motifs is 1. The second-order valence-electron chi connectivity index (χ2n) is 7.86. The van der Waals surface area contributed by atoms with Gasteiger partial charge in [-0.1, -0.05) is 19.3 Å². The van der Waals surface area contributed by atoms with Gasteiger partial charge in [0.1, 0.15) is 6.04 Å². The summed E-state index contributed by atoms with van der Waals surface area (Å²) in [6, 6.07) is 3.89. The lowest BCUT2D eigenvalue weighted by atomic mass is 9.94. The van der Waals surface area contributed by atoms with E-state index in [2.05, 4.69) is 10.6 Å². The Hall–Kier alpha value is -3.10. The van der Waals surface area contributed by atoms with E-state index in [1.54, 1.807) is 32.3 Å². The van der Waals surface area contributed by atoms with Crippen molar-refractivity contribution in [2.24, 2.45) is 14.1 Å². The van der Waals surface area contributed by atoms with E-state index in [0.29, 0.717) is 11.2 Å². The molecule has 4 amide bonds. The number of carbonyl (C=O) groups is 3. The molecular weight excluding hydrogens is 374 g/mol. The minimum absolute atomic E-state index is 0.0638. The van der Waals surface area contributed by atoms with Crippen LogP contribution in [-0.4, -0.2) is 44.0 Å². The predicted molar refractivity (Wildman–Crippen MR) is 107 cm³/mol. The molecule has 1 aromatic carbocycles.